The summed E-state index contributed by atoms with van der Waals surface area (Å²) in [7, 11) is 0. The number of rotatable bonds is 0. The van der Waals surface area contributed by atoms with Crippen molar-refractivity contribution in [3.05, 3.63) is 29.5 Å². The third-order valence-corrected chi connectivity index (χ3v) is 1.14. The predicted octanol–water partition coefficient (Wildman–Crippen LogP) is 2.59. The predicted molar refractivity (Wildman–Crippen MR) is 31.4 cm³/mol. The van der Waals surface area contributed by atoms with Gasteiger partial charge in [-0.3, -0.25) is 0 Å². The van der Waals surface area contributed by atoms with E-state index in [0.717, 1.165) is 12.2 Å². The third-order valence-electron chi connectivity index (χ3n) is 1.14. The Morgan fingerprint density at radius 3 is 2.40 bits per heavy atom. The van der Waals surface area contributed by atoms with Gasteiger partial charge in [-0.2, -0.15) is 13.2 Å². The zero-order chi connectivity index (χ0) is 7.61. The molecule has 0 aromatic rings. The van der Waals surface area contributed by atoms with Gasteiger partial charge in [-0.15, -0.1) is 5.73 Å². The Kier molecular flexibility index (Phi) is 1.68. The summed E-state index contributed by atoms with van der Waals surface area (Å²) in [5.74, 6) is 0. The Hall–Kier alpha value is -0.950. The van der Waals surface area contributed by atoms with Crippen LogP contribution >= 0.6 is 0 Å². The molecule has 3 heteroatoms. The highest BCUT2D eigenvalue weighted by atomic mass is 19.4. The first-order valence-corrected chi connectivity index (χ1v) is 2.79. The van der Waals surface area contributed by atoms with Crippen LogP contribution in [-0.4, -0.2) is 6.18 Å². The second-order valence-corrected chi connectivity index (χ2v) is 1.91. The fourth-order valence-electron chi connectivity index (χ4n) is 0.659. The van der Waals surface area contributed by atoms with Crippen molar-refractivity contribution in [3.63, 3.8) is 0 Å². The molecule has 0 aliphatic heterocycles. The van der Waals surface area contributed by atoms with Crippen molar-refractivity contribution in [2.45, 2.75) is 12.6 Å². The van der Waals surface area contributed by atoms with Gasteiger partial charge >= 0.3 is 6.18 Å². The quantitative estimate of drug-likeness (QED) is 0.461. The van der Waals surface area contributed by atoms with Gasteiger partial charge in [-0.1, -0.05) is 6.08 Å². The van der Waals surface area contributed by atoms with Gasteiger partial charge in [0.2, 0.25) is 0 Å². The average Bonchev–Trinajstić information content (AvgIpc) is 1.88. The highest BCUT2D eigenvalue weighted by Gasteiger charge is 2.31. The van der Waals surface area contributed by atoms with Crippen LogP contribution in [0, 0.1) is 0 Å². The van der Waals surface area contributed by atoms with E-state index in [2.05, 4.69) is 5.73 Å². The van der Waals surface area contributed by atoms with Crippen LogP contribution in [0.4, 0.5) is 13.2 Å². The number of allylic oxidation sites excluding steroid dienone is 3. The minimum absolute atomic E-state index is 0.325. The van der Waals surface area contributed by atoms with E-state index in [4.69, 9.17) is 0 Å². The summed E-state index contributed by atoms with van der Waals surface area (Å²) in [6.45, 7) is 0. The Morgan fingerprint density at radius 2 is 2.10 bits per heavy atom. The van der Waals surface area contributed by atoms with Gasteiger partial charge in [0.1, 0.15) is 0 Å². The molecule has 0 fully saturated rings. The smallest absolute Gasteiger partial charge is 0.166 e. The van der Waals surface area contributed by atoms with Gasteiger partial charge in [-0.25, -0.2) is 0 Å². The van der Waals surface area contributed by atoms with E-state index in [1.54, 1.807) is 6.08 Å². The maximum Gasteiger partial charge on any atom is 0.416 e. The van der Waals surface area contributed by atoms with Crippen LogP contribution in [-0.2, 0) is 0 Å². The molecule has 0 radical (unpaired) electrons. The van der Waals surface area contributed by atoms with E-state index < -0.39 is 11.7 Å². The summed E-state index contributed by atoms with van der Waals surface area (Å²) >= 11 is 0. The molecule has 0 bridgehead atoms. The molecule has 0 nitrogen and oxygen atoms in total. The molecule has 0 aromatic carbocycles. The Morgan fingerprint density at radius 1 is 1.40 bits per heavy atom. The molecule has 0 saturated heterocycles. The molecule has 0 atom stereocenters. The molecule has 1 aliphatic carbocycles. The molecule has 1 rings (SSSR count). The fourth-order valence-corrected chi connectivity index (χ4v) is 0.659. The lowest BCUT2D eigenvalue weighted by atomic mass is 10.1. The van der Waals surface area contributed by atoms with Gasteiger partial charge in [0.05, 0.1) is 5.57 Å². The first kappa shape index (κ1) is 7.16. The van der Waals surface area contributed by atoms with E-state index in [1.807, 2.05) is 0 Å². The summed E-state index contributed by atoms with van der Waals surface area (Å²) in [6.07, 6.45) is -0.248. The van der Waals surface area contributed by atoms with Crippen LogP contribution in [0.5, 0.6) is 0 Å². The van der Waals surface area contributed by atoms with E-state index in [0.29, 0.717) is 6.42 Å². The van der Waals surface area contributed by atoms with Crippen molar-refractivity contribution in [2.75, 3.05) is 0 Å². The third kappa shape index (κ3) is 1.52. The van der Waals surface area contributed by atoms with Crippen LogP contribution in [0.2, 0.25) is 0 Å². The molecule has 0 aromatic heterocycles. The second kappa shape index (κ2) is 2.35. The lowest BCUT2D eigenvalue weighted by Crippen LogP contribution is -2.10. The molecule has 0 N–H and O–H groups in total. The van der Waals surface area contributed by atoms with Crippen molar-refractivity contribution in [2.24, 2.45) is 0 Å². The van der Waals surface area contributed by atoms with Crippen molar-refractivity contribution in [1.82, 2.24) is 0 Å². The zero-order valence-corrected chi connectivity index (χ0v) is 5.07. The maximum absolute atomic E-state index is 11.8. The SMILES string of the molecule is FC(F)(F)C1=CCC=C=C1. The lowest BCUT2D eigenvalue weighted by molar-refractivity contribution is -0.0884. The standard InChI is InChI=1S/C7H5F3/c8-7(9,10)6-4-2-1-3-5-6/h1,4-5H,2H2. The summed E-state index contributed by atoms with van der Waals surface area (Å²) in [5, 5.41) is 0. The first-order valence-electron chi connectivity index (χ1n) is 2.79. The van der Waals surface area contributed by atoms with E-state index >= 15 is 0 Å². The molecule has 0 heterocycles. The molecule has 54 valence electrons. The largest absolute Gasteiger partial charge is 0.416 e. The number of hydrogen-bond donors (Lipinski definition) is 0. The molecule has 1 aliphatic rings. The summed E-state index contributed by atoms with van der Waals surface area (Å²) < 4.78 is 35.4. The summed E-state index contributed by atoms with van der Waals surface area (Å²) in [6, 6.07) is 0. The summed E-state index contributed by atoms with van der Waals surface area (Å²) in [5.41, 5.74) is 1.80. The van der Waals surface area contributed by atoms with E-state index in [9.17, 15) is 13.2 Å². The molecule has 10 heavy (non-hydrogen) atoms. The van der Waals surface area contributed by atoms with Crippen molar-refractivity contribution in [3.8, 4) is 0 Å². The molecular weight excluding hydrogens is 141 g/mol. The lowest BCUT2D eigenvalue weighted by Gasteiger charge is -2.06. The molecule has 0 saturated carbocycles. The van der Waals surface area contributed by atoms with Gasteiger partial charge in [0, 0.05) is 0 Å². The number of hydrogen-bond acceptors (Lipinski definition) is 0. The Labute approximate surface area is 56.4 Å². The second-order valence-electron chi connectivity index (χ2n) is 1.91. The highest BCUT2D eigenvalue weighted by molar-refractivity contribution is 5.27. The maximum atomic E-state index is 11.8. The van der Waals surface area contributed by atoms with Crippen molar-refractivity contribution >= 4 is 0 Å². The van der Waals surface area contributed by atoms with E-state index in [1.165, 1.54) is 0 Å². The minimum Gasteiger partial charge on any atom is -0.166 e. The van der Waals surface area contributed by atoms with Gasteiger partial charge < -0.3 is 0 Å². The topological polar surface area (TPSA) is 0 Å². The molecule has 0 unspecified atom stereocenters. The Bertz CT molecular complexity index is 213. The van der Waals surface area contributed by atoms with Crippen LogP contribution in [0.25, 0.3) is 0 Å². The summed E-state index contributed by atoms with van der Waals surface area (Å²) in [4.78, 5) is 0. The van der Waals surface area contributed by atoms with E-state index in [-0.39, 0.29) is 0 Å². The Balaban J connectivity index is 2.85. The van der Waals surface area contributed by atoms with Crippen LogP contribution < -0.4 is 0 Å². The minimum atomic E-state index is -4.21. The molecule has 0 spiro atoms. The van der Waals surface area contributed by atoms with Crippen molar-refractivity contribution < 1.29 is 13.2 Å². The van der Waals surface area contributed by atoms with Crippen LogP contribution in [0.1, 0.15) is 6.42 Å². The van der Waals surface area contributed by atoms with Gasteiger partial charge in [0.25, 0.3) is 0 Å². The molecule has 0 amide bonds. The first-order chi connectivity index (χ1) is 4.61. The zero-order valence-electron chi connectivity index (χ0n) is 5.07. The highest BCUT2D eigenvalue weighted by Crippen LogP contribution is 2.27. The average molecular weight is 146 g/mol. The van der Waals surface area contributed by atoms with Crippen LogP contribution in [0.3, 0.4) is 0 Å². The number of halogens is 3. The molecular formula is C7H5F3. The van der Waals surface area contributed by atoms with Gasteiger partial charge in [-0.05, 0) is 18.6 Å². The van der Waals surface area contributed by atoms with Gasteiger partial charge in [0.15, 0.2) is 0 Å². The van der Waals surface area contributed by atoms with Crippen molar-refractivity contribution in [1.29, 1.82) is 0 Å². The fraction of sp³-hybridized carbons (Fsp3) is 0.286. The number of alkyl halides is 3. The normalized spacial score (nSPS) is 17.3. The van der Waals surface area contributed by atoms with Crippen LogP contribution in [0.15, 0.2) is 29.5 Å². The monoisotopic (exact) mass is 146 g/mol.